The van der Waals surface area contributed by atoms with Crippen molar-refractivity contribution in [3.8, 4) is 0 Å². The second-order valence-electron chi connectivity index (χ2n) is 8.40. The number of hydrogen-bond donors (Lipinski definition) is 2. The van der Waals surface area contributed by atoms with Crippen LogP contribution in [-0.2, 0) is 11.3 Å². The summed E-state index contributed by atoms with van der Waals surface area (Å²) >= 11 is 0. The van der Waals surface area contributed by atoms with E-state index in [4.69, 9.17) is 9.98 Å². The van der Waals surface area contributed by atoms with Gasteiger partial charge in [0.15, 0.2) is 5.96 Å². The molecule has 174 valence electrons. The van der Waals surface area contributed by atoms with Gasteiger partial charge in [-0.2, -0.15) is 0 Å². The second kappa shape index (κ2) is 13.8. The molecule has 2 saturated heterocycles. The zero-order chi connectivity index (χ0) is 21.2. The second-order valence-corrected chi connectivity index (χ2v) is 8.40. The van der Waals surface area contributed by atoms with Crippen LogP contribution in [0.25, 0.3) is 0 Å². The van der Waals surface area contributed by atoms with E-state index in [-0.39, 0.29) is 29.9 Å². The standard InChI is InChI=1S/C23H38N6O.HI/c1-3-25-23(29-14-10-19(11-15-29)16-22(30)24-2)27-18-20-8-9-21(26-17-20)28-12-6-4-5-7-13-28;/h8-9,17,19H,3-7,10-16,18H2,1-2H3,(H,24,30)(H,25,27);1H. The highest BCUT2D eigenvalue weighted by molar-refractivity contribution is 14.0. The van der Waals surface area contributed by atoms with E-state index < -0.39 is 0 Å². The maximum absolute atomic E-state index is 11.6. The van der Waals surface area contributed by atoms with Crippen molar-refractivity contribution in [2.24, 2.45) is 10.9 Å². The van der Waals surface area contributed by atoms with Gasteiger partial charge in [0.25, 0.3) is 0 Å². The molecular weight excluding hydrogens is 503 g/mol. The topological polar surface area (TPSA) is 72.9 Å². The smallest absolute Gasteiger partial charge is 0.220 e. The van der Waals surface area contributed by atoms with Gasteiger partial charge in [-0.3, -0.25) is 4.79 Å². The van der Waals surface area contributed by atoms with Gasteiger partial charge in [-0.05, 0) is 50.2 Å². The van der Waals surface area contributed by atoms with Gasteiger partial charge in [0.05, 0.1) is 6.54 Å². The van der Waals surface area contributed by atoms with Crippen molar-refractivity contribution in [3.05, 3.63) is 23.9 Å². The molecule has 0 unspecified atom stereocenters. The van der Waals surface area contributed by atoms with Gasteiger partial charge in [0.2, 0.25) is 5.91 Å². The number of nitrogens with zero attached hydrogens (tertiary/aromatic N) is 4. The quantitative estimate of drug-likeness (QED) is 0.328. The molecule has 0 bridgehead atoms. The number of hydrogen-bond acceptors (Lipinski definition) is 4. The first-order valence-electron chi connectivity index (χ1n) is 11.6. The number of halogens is 1. The SMILES string of the molecule is CCNC(=NCc1ccc(N2CCCCCC2)nc1)N1CCC(CC(=O)NC)CC1.I. The van der Waals surface area contributed by atoms with E-state index in [0.29, 0.717) is 18.9 Å². The lowest BCUT2D eigenvalue weighted by Gasteiger charge is -2.34. The minimum absolute atomic E-state index is 0. The van der Waals surface area contributed by atoms with E-state index in [1.165, 1.54) is 25.7 Å². The van der Waals surface area contributed by atoms with E-state index >= 15 is 0 Å². The number of amides is 1. The molecule has 0 aliphatic carbocycles. The summed E-state index contributed by atoms with van der Waals surface area (Å²) in [5.41, 5.74) is 1.14. The summed E-state index contributed by atoms with van der Waals surface area (Å²) in [7, 11) is 1.71. The molecular formula is C23H39IN6O. The lowest BCUT2D eigenvalue weighted by molar-refractivity contribution is -0.121. The highest BCUT2D eigenvalue weighted by Gasteiger charge is 2.23. The van der Waals surface area contributed by atoms with Crippen LogP contribution in [0.5, 0.6) is 0 Å². The van der Waals surface area contributed by atoms with Gasteiger partial charge in [0, 0.05) is 52.4 Å². The number of anilines is 1. The Labute approximate surface area is 204 Å². The summed E-state index contributed by atoms with van der Waals surface area (Å²) in [6.07, 6.45) is 9.86. The van der Waals surface area contributed by atoms with Gasteiger partial charge in [-0.25, -0.2) is 9.98 Å². The molecule has 0 radical (unpaired) electrons. The maximum Gasteiger partial charge on any atom is 0.220 e. The normalized spacial score (nSPS) is 18.2. The number of rotatable bonds is 6. The van der Waals surface area contributed by atoms with E-state index in [0.717, 1.165) is 62.9 Å². The van der Waals surface area contributed by atoms with Crippen molar-refractivity contribution in [2.45, 2.75) is 58.4 Å². The highest BCUT2D eigenvalue weighted by atomic mass is 127. The van der Waals surface area contributed by atoms with Crippen LogP contribution in [0.2, 0.25) is 0 Å². The van der Waals surface area contributed by atoms with Gasteiger partial charge in [-0.15, -0.1) is 24.0 Å². The molecule has 0 atom stereocenters. The molecule has 1 aromatic rings. The Morgan fingerprint density at radius 2 is 1.84 bits per heavy atom. The molecule has 31 heavy (non-hydrogen) atoms. The average molecular weight is 543 g/mol. The van der Waals surface area contributed by atoms with Gasteiger partial charge in [0.1, 0.15) is 5.82 Å². The number of aliphatic imine (C=N–C) groups is 1. The molecule has 2 N–H and O–H groups in total. The first-order valence-corrected chi connectivity index (χ1v) is 11.6. The Morgan fingerprint density at radius 3 is 2.42 bits per heavy atom. The van der Waals surface area contributed by atoms with E-state index in [1.807, 2.05) is 6.20 Å². The predicted octanol–water partition coefficient (Wildman–Crippen LogP) is 3.39. The number of pyridine rings is 1. The molecule has 3 heterocycles. The van der Waals surface area contributed by atoms with Crippen LogP contribution in [0, 0.1) is 5.92 Å². The van der Waals surface area contributed by atoms with E-state index in [2.05, 4.69) is 39.5 Å². The zero-order valence-corrected chi connectivity index (χ0v) is 21.4. The lowest BCUT2D eigenvalue weighted by atomic mass is 9.93. The Morgan fingerprint density at radius 1 is 1.13 bits per heavy atom. The third-order valence-corrected chi connectivity index (χ3v) is 6.15. The highest BCUT2D eigenvalue weighted by Crippen LogP contribution is 2.21. The average Bonchev–Trinajstić information content (AvgIpc) is 3.07. The van der Waals surface area contributed by atoms with Crippen LogP contribution in [0.4, 0.5) is 5.82 Å². The van der Waals surface area contributed by atoms with Gasteiger partial charge < -0.3 is 20.4 Å². The first-order chi connectivity index (χ1) is 14.7. The molecule has 0 spiro atoms. The zero-order valence-electron chi connectivity index (χ0n) is 19.1. The summed E-state index contributed by atoms with van der Waals surface area (Å²) in [5.74, 6) is 2.67. The third-order valence-electron chi connectivity index (χ3n) is 6.15. The largest absolute Gasteiger partial charge is 0.359 e. The van der Waals surface area contributed by atoms with Crippen molar-refractivity contribution in [1.82, 2.24) is 20.5 Å². The first kappa shape index (κ1) is 25.7. The van der Waals surface area contributed by atoms with Gasteiger partial charge >= 0.3 is 0 Å². The summed E-state index contributed by atoms with van der Waals surface area (Å²) < 4.78 is 0. The molecule has 3 rings (SSSR count). The van der Waals surface area contributed by atoms with Crippen LogP contribution < -0.4 is 15.5 Å². The van der Waals surface area contributed by atoms with E-state index in [9.17, 15) is 4.79 Å². The summed E-state index contributed by atoms with van der Waals surface area (Å²) in [6.45, 7) is 7.71. The van der Waals surface area contributed by atoms with Crippen molar-refractivity contribution >= 4 is 41.7 Å². The Bertz CT molecular complexity index is 680. The lowest BCUT2D eigenvalue weighted by Crippen LogP contribution is -2.46. The Hall–Kier alpha value is -1.58. The molecule has 2 aliphatic heterocycles. The molecule has 8 heteroatoms. The summed E-state index contributed by atoms with van der Waals surface area (Å²) in [4.78, 5) is 25.9. The number of piperidine rings is 1. The van der Waals surface area contributed by atoms with Crippen LogP contribution in [0.1, 0.15) is 57.4 Å². The van der Waals surface area contributed by atoms with Crippen molar-refractivity contribution in [3.63, 3.8) is 0 Å². The fraction of sp³-hybridized carbons (Fsp3) is 0.696. The molecule has 2 fully saturated rings. The Kier molecular flexibility index (Phi) is 11.4. The Balaban J connectivity index is 0.00000341. The number of aromatic nitrogens is 1. The summed E-state index contributed by atoms with van der Waals surface area (Å²) in [6, 6.07) is 4.31. The van der Waals surface area contributed by atoms with Crippen molar-refractivity contribution < 1.29 is 4.79 Å². The number of carbonyl (C=O) groups is 1. The van der Waals surface area contributed by atoms with E-state index in [1.54, 1.807) is 7.05 Å². The fourth-order valence-electron chi connectivity index (χ4n) is 4.30. The van der Waals surface area contributed by atoms with Gasteiger partial charge in [-0.1, -0.05) is 18.9 Å². The molecule has 0 saturated carbocycles. The van der Waals surface area contributed by atoms with Crippen LogP contribution in [-0.4, -0.2) is 61.5 Å². The number of likely N-dealkylation sites (tertiary alicyclic amines) is 1. The predicted molar refractivity (Wildman–Crippen MR) is 138 cm³/mol. The van der Waals surface area contributed by atoms with Crippen LogP contribution in [0.15, 0.2) is 23.3 Å². The molecule has 1 aromatic heterocycles. The molecule has 2 aliphatic rings. The third kappa shape index (κ3) is 8.12. The van der Waals surface area contributed by atoms with Crippen LogP contribution >= 0.6 is 24.0 Å². The molecule has 0 aromatic carbocycles. The fourth-order valence-corrected chi connectivity index (χ4v) is 4.30. The number of carbonyl (C=O) groups excluding carboxylic acids is 1. The number of nitrogens with one attached hydrogen (secondary N) is 2. The minimum Gasteiger partial charge on any atom is -0.359 e. The number of guanidine groups is 1. The maximum atomic E-state index is 11.6. The van der Waals surface area contributed by atoms with Crippen molar-refractivity contribution in [1.29, 1.82) is 0 Å². The molecule has 1 amide bonds. The monoisotopic (exact) mass is 542 g/mol. The molecule has 7 nitrogen and oxygen atoms in total. The summed E-state index contributed by atoms with van der Waals surface area (Å²) in [5, 5.41) is 6.16. The minimum atomic E-state index is 0. The van der Waals surface area contributed by atoms with Crippen molar-refractivity contribution in [2.75, 3.05) is 44.7 Å². The van der Waals surface area contributed by atoms with Crippen LogP contribution in [0.3, 0.4) is 0 Å².